The Kier molecular flexibility index (Phi) is 4.58. The van der Waals surface area contributed by atoms with Gasteiger partial charge >= 0.3 is 0 Å². The van der Waals surface area contributed by atoms with Crippen LogP contribution < -0.4 is 5.32 Å². The highest BCUT2D eigenvalue weighted by Gasteiger charge is 2.06. The minimum absolute atomic E-state index is 0.137. The van der Waals surface area contributed by atoms with Crippen molar-refractivity contribution in [3.8, 4) is 0 Å². The highest BCUT2D eigenvalue weighted by atomic mass is 32.2. The molecule has 0 radical (unpaired) electrons. The Bertz CT molecular complexity index is 572. The summed E-state index contributed by atoms with van der Waals surface area (Å²) in [6.45, 7) is 1.83. The third kappa shape index (κ3) is 4.10. The van der Waals surface area contributed by atoms with Crippen molar-refractivity contribution in [2.24, 2.45) is 0 Å². The number of aryl methyl sites for hydroxylation is 1. The van der Waals surface area contributed by atoms with Gasteiger partial charge in [0.25, 0.3) is 0 Å². The van der Waals surface area contributed by atoms with Crippen LogP contribution in [0.15, 0.2) is 53.4 Å². The summed E-state index contributed by atoms with van der Waals surface area (Å²) in [6, 6.07) is 14.0. The van der Waals surface area contributed by atoms with Gasteiger partial charge in [0, 0.05) is 10.6 Å². The largest absolute Gasteiger partial charge is 0.325 e. The first-order valence-electron chi connectivity index (χ1n) is 5.89. The molecule has 0 atom stereocenters. The Balaban J connectivity index is 1.93. The number of rotatable bonds is 4. The molecule has 2 rings (SSSR count). The Morgan fingerprint density at radius 3 is 2.68 bits per heavy atom. The van der Waals surface area contributed by atoms with Gasteiger partial charge in [0.2, 0.25) is 5.91 Å². The molecule has 0 fully saturated rings. The number of halogens is 1. The smallest absolute Gasteiger partial charge is 0.234 e. The number of thioether (sulfide) groups is 1. The maximum Gasteiger partial charge on any atom is 0.234 e. The molecule has 0 aliphatic carbocycles. The summed E-state index contributed by atoms with van der Waals surface area (Å²) in [7, 11) is 0. The number of carbonyl (C=O) groups excluding carboxylic acids is 1. The van der Waals surface area contributed by atoms with Crippen molar-refractivity contribution in [3.05, 3.63) is 59.9 Å². The van der Waals surface area contributed by atoms with Gasteiger partial charge in [-0.15, -0.1) is 11.8 Å². The topological polar surface area (TPSA) is 29.1 Å². The summed E-state index contributed by atoms with van der Waals surface area (Å²) < 4.78 is 13.1. The van der Waals surface area contributed by atoms with Gasteiger partial charge in [-0.1, -0.05) is 24.3 Å². The van der Waals surface area contributed by atoms with Crippen LogP contribution in [0, 0.1) is 12.7 Å². The van der Waals surface area contributed by atoms with E-state index in [1.165, 1.54) is 23.9 Å². The molecule has 0 heterocycles. The van der Waals surface area contributed by atoms with Crippen LogP contribution in [0.3, 0.4) is 0 Å². The molecule has 2 aromatic rings. The molecule has 4 heteroatoms. The molecule has 98 valence electrons. The van der Waals surface area contributed by atoms with Crippen molar-refractivity contribution in [1.82, 2.24) is 0 Å². The lowest BCUT2D eigenvalue weighted by molar-refractivity contribution is -0.113. The van der Waals surface area contributed by atoms with Crippen LogP contribution in [0.5, 0.6) is 0 Å². The van der Waals surface area contributed by atoms with Gasteiger partial charge in [0.1, 0.15) is 5.82 Å². The van der Waals surface area contributed by atoms with Gasteiger partial charge in [0.05, 0.1) is 5.75 Å². The predicted octanol–water partition coefficient (Wildman–Crippen LogP) is 3.86. The minimum Gasteiger partial charge on any atom is -0.325 e. The van der Waals surface area contributed by atoms with Crippen molar-refractivity contribution >= 4 is 23.4 Å². The van der Waals surface area contributed by atoms with Crippen LogP contribution in [0.1, 0.15) is 5.56 Å². The zero-order valence-corrected chi connectivity index (χ0v) is 11.3. The highest BCUT2D eigenvalue weighted by molar-refractivity contribution is 8.00. The standard InChI is InChI=1S/C15H14FNOS/c1-11-7-8-12(16)9-14(11)17-15(18)10-19-13-5-3-2-4-6-13/h2-9H,10H2,1H3,(H,17,18). The van der Waals surface area contributed by atoms with Crippen LogP contribution in [-0.2, 0) is 4.79 Å². The number of hydrogen-bond acceptors (Lipinski definition) is 2. The average molecular weight is 275 g/mol. The minimum atomic E-state index is -0.350. The summed E-state index contributed by atoms with van der Waals surface area (Å²) in [5.41, 5.74) is 1.37. The molecule has 0 saturated carbocycles. The first-order valence-corrected chi connectivity index (χ1v) is 6.87. The van der Waals surface area contributed by atoms with E-state index in [0.29, 0.717) is 11.4 Å². The quantitative estimate of drug-likeness (QED) is 0.858. The molecule has 0 spiro atoms. The molecule has 0 aliphatic heterocycles. The van der Waals surface area contributed by atoms with Gasteiger partial charge in [-0.25, -0.2) is 4.39 Å². The van der Waals surface area contributed by atoms with Crippen molar-refractivity contribution in [1.29, 1.82) is 0 Å². The average Bonchev–Trinajstić information content (AvgIpc) is 2.42. The third-order valence-electron chi connectivity index (χ3n) is 2.59. The number of hydrogen-bond donors (Lipinski definition) is 1. The van der Waals surface area contributed by atoms with Gasteiger partial charge in [-0.05, 0) is 36.8 Å². The SMILES string of the molecule is Cc1ccc(F)cc1NC(=O)CSc1ccccc1. The number of anilines is 1. The summed E-state index contributed by atoms with van der Waals surface area (Å²) in [5, 5.41) is 2.72. The molecule has 1 N–H and O–H groups in total. The molecular formula is C15H14FNOS. The van der Waals surface area contributed by atoms with E-state index in [-0.39, 0.29) is 11.7 Å². The van der Waals surface area contributed by atoms with Crippen LogP contribution in [0.4, 0.5) is 10.1 Å². The van der Waals surface area contributed by atoms with Crippen LogP contribution >= 0.6 is 11.8 Å². The Hall–Kier alpha value is -1.81. The molecule has 0 bridgehead atoms. The van der Waals surface area contributed by atoms with Crippen molar-refractivity contribution in [2.75, 3.05) is 11.1 Å². The summed E-state index contributed by atoms with van der Waals surface area (Å²) in [6.07, 6.45) is 0. The molecule has 2 aromatic carbocycles. The second kappa shape index (κ2) is 6.38. The first-order chi connectivity index (χ1) is 9.15. The summed E-state index contributed by atoms with van der Waals surface area (Å²) in [4.78, 5) is 12.8. The fourth-order valence-electron chi connectivity index (χ4n) is 1.58. The monoisotopic (exact) mass is 275 g/mol. The van der Waals surface area contributed by atoms with E-state index in [2.05, 4.69) is 5.32 Å². The lowest BCUT2D eigenvalue weighted by atomic mass is 10.2. The van der Waals surface area contributed by atoms with Crippen molar-refractivity contribution in [2.45, 2.75) is 11.8 Å². The third-order valence-corrected chi connectivity index (χ3v) is 3.60. The predicted molar refractivity (Wildman–Crippen MR) is 76.9 cm³/mol. The van der Waals surface area contributed by atoms with E-state index in [1.807, 2.05) is 37.3 Å². The number of benzene rings is 2. The van der Waals surface area contributed by atoms with Crippen molar-refractivity contribution in [3.63, 3.8) is 0 Å². The van der Waals surface area contributed by atoms with E-state index >= 15 is 0 Å². The Morgan fingerprint density at radius 1 is 1.21 bits per heavy atom. The molecule has 0 aromatic heterocycles. The number of nitrogens with one attached hydrogen (secondary N) is 1. The van der Waals surface area contributed by atoms with Crippen LogP contribution in [0.2, 0.25) is 0 Å². The zero-order chi connectivity index (χ0) is 13.7. The molecule has 0 aliphatic rings. The van der Waals surface area contributed by atoms with E-state index < -0.39 is 0 Å². The molecule has 0 saturated heterocycles. The maximum atomic E-state index is 13.1. The van der Waals surface area contributed by atoms with Gasteiger partial charge in [0.15, 0.2) is 0 Å². The van der Waals surface area contributed by atoms with Crippen LogP contribution in [-0.4, -0.2) is 11.7 Å². The van der Waals surface area contributed by atoms with Gasteiger partial charge in [-0.3, -0.25) is 4.79 Å². The van der Waals surface area contributed by atoms with E-state index in [9.17, 15) is 9.18 Å². The molecule has 19 heavy (non-hydrogen) atoms. The molecule has 1 amide bonds. The normalized spacial score (nSPS) is 10.2. The lowest BCUT2D eigenvalue weighted by Crippen LogP contribution is -2.14. The van der Waals surface area contributed by atoms with Gasteiger partial charge < -0.3 is 5.32 Å². The van der Waals surface area contributed by atoms with E-state index in [4.69, 9.17) is 0 Å². The second-order valence-corrected chi connectivity index (χ2v) is 5.16. The van der Waals surface area contributed by atoms with Crippen molar-refractivity contribution < 1.29 is 9.18 Å². The number of carbonyl (C=O) groups is 1. The van der Waals surface area contributed by atoms with E-state index in [0.717, 1.165) is 10.5 Å². The maximum absolute atomic E-state index is 13.1. The highest BCUT2D eigenvalue weighted by Crippen LogP contribution is 2.19. The Morgan fingerprint density at radius 2 is 1.95 bits per heavy atom. The fourth-order valence-corrected chi connectivity index (χ4v) is 2.30. The van der Waals surface area contributed by atoms with Gasteiger partial charge in [-0.2, -0.15) is 0 Å². The number of amides is 1. The summed E-state index contributed by atoms with van der Waals surface area (Å²) in [5.74, 6) is -0.181. The molecule has 2 nitrogen and oxygen atoms in total. The zero-order valence-electron chi connectivity index (χ0n) is 10.5. The summed E-state index contributed by atoms with van der Waals surface area (Å²) >= 11 is 1.45. The first kappa shape index (κ1) is 13.6. The Labute approximate surface area is 116 Å². The van der Waals surface area contributed by atoms with Crippen LogP contribution in [0.25, 0.3) is 0 Å². The fraction of sp³-hybridized carbons (Fsp3) is 0.133. The lowest BCUT2D eigenvalue weighted by Gasteiger charge is -2.08. The second-order valence-electron chi connectivity index (χ2n) is 4.11. The molecular weight excluding hydrogens is 261 g/mol. The molecule has 0 unspecified atom stereocenters. The van der Waals surface area contributed by atoms with E-state index in [1.54, 1.807) is 6.07 Å².